The van der Waals surface area contributed by atoms with Crippen LogP contribution in [0.2, 0.25) is 0 Å². The summed E-state index contributed by atoms with van der Waals surface area (Å²) in [5, 5.41) is 21.2. The fourth-order valence-corrected chi connectivity index (χ4v) is 2.43. The topological polar surface area (TPSA) is 86.6 Å². The number of aliphatic hydroxyl groups is 1. The van der Waals surface area contributed by atoms with Crippen molar-refractivity contribution in [1.29, 1.82) is 0 Å². The maximum Gasteiger partial charge on any atom is 0.306 e. The number of amides is 1. The lowest BCUT2D eigenvalue weighted by atomic mass is 10.0. The average Bonchev–Trinajstić information content (AvgIpc) is 2.74. The molecule has 0 aromatic rings. The Morgan fingerprint density at radius 1 is 1.28 bits per heavy atom. The normalized spacial score (nSPS) is 25.1. The second kappa shape index (κ2) is 6.73. The SMILES string of the molecule is CC(C)CC(O)CNC(=O)C1CCC(C(=O)O)C1. The van der Waals surface area contributed by atoms with Crippen LogP contribution < -0.4 is 5.32 Å². The fourth-order valence-electron chi connectivity index (χ4n) is 2.43. The lowest BCUT2D eigenvalue weighted by molar-refractivity contribution is -0.141. The van der Waals surface area contributed by atoms with Crippen molar-refractivity contribution in [3.63, 3.8) is 0 Å². The van der Waals surface area contributed by atoms with Crippen LogP contribution >= 0.6 is 0 Å². The summed E-state index contributed by atoms with van der Waals surface area (Å²) >= 11 is 0. The highest BCUT2D eigenvalue weighted by atomic mass is 16.4. The Balaban J connectivity index is 2.28. The van der Waals surface area contributed by atoms with Crippen molar-refractivity contribution in [3.05, 3.63) is 0 Å². The van der Waals surface area contributed by atoms with Crippen LogP contribution in [-0.4, -0.2) is 34.7 Å². The molecule has 1 aliphatic carbocycles. The number of carboxylic acid groups (broad SMARTS) is 1. The van der Waals surface area contributed by atoms with Crippen molar-refractivity contribution < 1.29 is 19.8 Å². The zero-order chi connectivity index (χ0) is 13.7. The maximum atomic E-state index is 11.8. The van der Waals surface area contributed by atoms with Gasteiger partial charge in [0, 0.05) is 12.5 Å². The smallest absolute Gasteiger partial charge is 0.306 e. The highest BCUT2D eigenvalue weighted by Crippen LogP contribution is 2.31. The van der Waals surface area contributed by atoms with Gasteiger partial charge in [-0.25, -0.2) is 0 Å². The van der Waals surface area contributed by atoms with E-state index >= 15 is 0 Å². The predicted octanol–water partition coefficient (Wildman–Crippen LogP) is 1.01. The summed E-state index contributed by atoms with van der Waals surface area (Å²) in [6.45, 7) is 4.28. The van der Waals surface area contributed by atoms with E-state index in [2.05, 4.69) is 5.32 Å². The summed E-state index contributed by atoms with van der Waals surface area (Å²) in [5.41, 5.74) is 0. The van der Waals surface area contributed by atoms with E-state index < -0.39 is 12.1 Å². The summed E-state index contributed by atoms with van der Waals surface area (Å²) < 4.78 is 0. The van der Waals surface area contributed by atoms with E-state index in [9.17, 15) is 14.7 Å². The highest BCUT2D eigenvalue weighted by Gasteiger charge is 2.33. The van der Waals surface area contributed by atoms with Gasteiger partial charge < -0.3 is 15.5 Å². The Morgan fingerprint density at radius 2 is 1.89 bits per heavy atom. The van der Waals surface area contributed by atoms with Gasteiger partial charge >= 0.3 is 5.97 Å². The molecule has 5 nitrogen and oxygen atoms in total. The van der Waals surface area contributed by atoms with E-state index in [4.69, 9.17) is 5.11 Å². The predicted molar refractivity (Wildman–Crippen MR) is 66.9 cm³/mol. The van der Waals surface area contributed by atoms with Gasteiger partial charge in [-0.2, -0.15) is 0 Å². The molecule has 3 atom stereocenters. The summed E-state index contributed by atoms with van der Waals surface area (Å²) in [5.74, 6) is -1.15. The number of carbonyl (C=O) groups is 2. The summed E-state index contributed by atoms with van der Waals surface area (Å²) in [4.78, 5) is 22.6. The van der Waals surface area contributed by atoms with Crippen LogP contribution in [0.1, 0.15) is 39.5 Å². The molecule has 0 heterocycles. The van der Waals surface area contributed by atoms with E-state index in [0.717, 1.165) is 0 Å². The van der Waals surface area contributed by atoms with Crippen LogP contribution in [0.25, 0.3) is 0 Å². The molecule has 1 aliphatic rings. The maximum absolute atomic E-state index is 11.8. The Labute approximate surface area is 108 Å². The van der Waals surface area contributed by atoms with E-state index in [-0.39, 0.29) is 24.3 Å². The molecule has 18 heavy (non-hydrogen) atoms. The zero-order valence-corrected chi connectivity index (χ0v) is 11.1. The molecule has 1 fully saturated rings. The van der Waals surface area contributed by atoms with E-state index in [1.807, 2.05) is 13.8 Å². The molecule has 0 aromatic carbocycles. The van der Waals surface area contributed by atoms with Crippen molar-refractivity contribution in [2.24, 2.45) is 17.8 Å². The van der Waals surface area contributed by atoms with Gasteiger partial charge in [0.15, 0.2) is 0 Å². The minimum absolute atomic E-state index is 0.124. The molecule has 0 saturated heterocycles. The van der Waals surface area contributed by atoms with Gasteiger partial charge in [0.05, 0.1) is 12.0 Å². The fraction of sp³-hybridized carbons (Fsp3) is 0.846. The first-order chi connectivity index (χ1) is 8.40. The molecule has 0 radical (unpaired) electrons. The van der Waals surface area contributed by atoms with Gasteiger partial charge in [-0.15, -0.1) is 0 Å². The second-order valence-corrected chi connectivity index (χ2v) is 5.57. The van der Waals surface area contributed by atoms with Gasteiger partial charge in [0.2, 0.25) is 5.91 Å². The van der Waals surface area contributed by atoms with Crippen molar-refractivity contribution in [3.8, 4) is 0 Å². The Kier molecular flexibility index (Phi) is 5.59. The zero-order valence-electron chi connectivity index (χ0n) is 11.1. The lowest BCUT2D eigenvalue weighted by Crippen LogP contribution is -2.36. The first-order valence-electron chi connectivity index (χ1n) is 6.58. The average molecular weight is 257 g/mol. The molecule has 3 N–H and O–H groups in total. The molecule has 0 aromatic heterocycles. The van der Waals surface area contributed by atoms with Crippen molar-refractivity contribution in [2.45, 2.75) is 45.6 Å². The molecule has 3 unspecified atom stereocenters. The minimum Gasteiger partial charge on any atom is -0.481 e. The first kappa shape index (κ1) is 15.0. The van der Waals surface area contributed by atoms with Crippen LogP contribution in [0, 0.1) is 17.8 Å². The third kappa shape index (κ3) is 4.64. The Morgan fingerprint density at radius 3 is 2.39 bits per heavy atom. The van der Waals surface area contributed by atoms with Gasteiger partial charge in [0.25, 0.3) is 0 Å². The number of aliphatic carboxylic acids is 1. The monoisotopic (exact) mass is 257 g/mol. The van der Waals surface area contributed by atoms with Crippen LogP contribution in [0.4, 0.5) is 0 Å². The van der Waals surface area contributed by atoms with Crippen molar-refractivity contribution in [2.75, 3.05) is 6.54 Å². The van der Waals surface area contributed by atoms with Gasteiger partial charge in [-0.05, 0) is 31.6 Å². The lowest BCUT2D eigenvalue weighted by Gasteiger charge is -2.16. The van der Waals surface area contributed by atoms with Crippen LogP contribution in [-0.2, 0) is 9.59 Å². The molecule has 104 valence electrons. The molecule has 0 aliphatic heterocycles. The van der Waals surface area contributed by atoms with Gasteiger partial charge in [0.1, 0.15) is 0 Å². The highest BCUT2D eigenvalue weighted by molar-refractivity contribution is 5.80. The van der Waals surface area contributed by atoms with E-state index in [1.54, 1.807) is 0 Å². The van der Waals surface area contributed by atoms with Crippen LogP contribution in [0.5, 0.6) is 0 Å². The molecule has 5 heteroatoms. The molecule has 0 bridgehead atoms. The third-order valence-electron chi connectivity index (χ3n) is 3.41. The Bertz CT molecular complexity index is 303. The summed E-state index contributed by atoms with van der Waals surface area (Å²) in [6.07, 6.45) is 1.75. The first-order valence-corrected chi connectivity index (χ1v) is 6.58. The van der Waals surface area contributed by atoms with Crippen LogP contribution in [0.3, 0.4) is 0 Å². The number of carbonyl (C=O) groups excluding carboxylic acids is 1. The van der Waals surface area contributed by atoms with Gasteiger partial charge in [-0.3, -0.25) is 9.59 Å². The minimum atomic E-state index is -0.815. The number of aliphatic hydroxyl groups excluding tert-OH is 1. The summed E-state index contributed by atoms with van der Waals surface area (Å²) in [6, 6.07) is 0. The largest absolute Gasteiger partial charge is 0.481 e. The molecular formula is C13H23NO4. The molecule has 1 amide bonds. The van der Waals surface area contributed by atoms with Gasteiger partial charge in [-0.1, -0.05) is 13.8 Å². The van der Waals surface area contributed by atoms with Crippen LogP contribution in [0.15, 0.2) is 0 Å². The molecule has 0 spiro atoms. The standard InChI is InChI=1S/C13H23NO4/c1-8(2)5-11(15)7-14-12(16)9-3-4-10(6-9)13(17)18/h8-11,15H,3-7H2,1-2H3,(H,14,16)(H,17,18). The number of nitrogens with one attached hydrogen (secondary N) is 1. The summed E-state index contributed by atoms with van der Waals surface area (Å²) in [7, 11) is 0. The molecular weight excluding hydrogens is 234 g/mol. The van der Waals surface area contributed by atoms with E-state index in [1.165, 1.54) is 0 Å². The van der Waals surface area contributed by atoms with Crippen molar-refractivity contribution >= 4 is 11.9 Å². The quantitative estimate of drug-likeness (QED) is 0.663. The number of rotatable bonds is 6. The van der Waals surface area contributed by atoms with E-state index in [0.29, 0.717) is 31.6 Å². The van der Waals surface area contributed by atoms with Crippen molar-refractivity contribution in [1.82, 2.24) is 5.32 Å². The second-order valence-electron chi connectivity index (χ2n) is 5.57. The number of hydrogen-bond donors (Lipinski definition) is 3. The third-order valence-corrected chi connectivity index (χ3v) is 3.41. The number of carboxylic acids is 1. The molecule has 1 rings (SSSR count). The number of hydrogen-bond acceptors (Lipinski definition) is 3. The Hall–Kier alpha value is -1.10. The molecule has 1 saturated carbocycles.